The first-order valence-electron chi connectivity index (χ1n) is 6.05. The highest BCUT2D eigenvalue weighted by molar-refractivity contribution is 5.47. The topological polar surface area (TPSA) is 54.2 Å². The van der Waals surface area contributed by atoms with E-state index in [1.165, 1.54) is 25.7 Å². The van der Waals surface area contributed by atoms with Gasteiger partial charge < -0.3 is 10.3 Å². The predicted octanol–water partition coefficient (Wildman–Crippen LogP) is 2.14. The van der Waals surface area contributed by atoms with Crippen molar-refractivity contribution in [2.75, 3.05) is 16.9 Å². The van der Waals surface area contributed by atoms with E-state index in [9.17, 15) is 0 Å². The molecule has 3 N–H and O–H groups in total. The number of hydrogen-bond acceptors (Lipinski definition) is 4. The molecule has 1 aromatic heterocycles. The Morgan fingerprint density at radius 2 is 2.38 bits per heavy atom. The Morgan fingerprint density at radius 1 is 1.50 bits per heavy atom. The van der Waals surface area contributed by atoms with Gasteiger partial charge in [-0.1, -0.05) is 13.0 Å². The lowest BCUT2D eigenvalue weighted by atomic mass is 10.00. The lowest BCUT2D eigenvalue weighted by Crippen LogP contribution is -2.39. The molecule has 88 valence electrons. The number of hydrazine groups is 1. The minimum atomic E-state index is 0.634. The molecule has 2 heterocycles. The summed E-state index contributed by atoms with van der Waals surface area (Å²) in [5.41, 5.74) is 2.60. The smallest absolute Gasteiger partial charge is 0.142 e. The zero-order chi connectivity index (χ0) is 11.4. The third-order valence-corrected chi connectivity index (χ3v) is 3.27. The zero-order valence-corrected chi connectivity index (χ0v) is 9.82. The van der Waals surface area contributed by atoms with Gasteiger partial charge in [0, 0.05) is 12.6 Å². The number of nitrogens with zero attached hydrogens (tertiary/aromatic N) is 2. The van der Waals surface area contributed by atoms with Crippen molar-refractivity contribution in [2.24, 2.45) is 5.84 Å². The number of pyridine rings is 1. The van der Waals surface area contributed by atoms with Crippen LogP contribution in [0.5, 0.6) is 0 Å². The van der Waals surface area contributed by atoms with Crippen LogP contribution in [0.2, 0.25) is 0 Å². The summed E-state index contributed by atoms with van der Waals surface area (Å²) in [4.78, 5) is 6.91. The van der Waals surface area contributed by atoms with Gasteiger partial charge in [0.05, 0.1) is 0 Å². The van der Waals surface area contributed by atoms with E-state index in [4.69, 9.17) is 5.84 Å². The quantitative estimate of drug-likeness (QED) is 0.605. The van der Waals surface area contributed by atoms with Crippen molar-refractivity contribution in [1.82, 2.24) is 4.98 Å². The maximum atomic E-state index is 5.38. The van der Waals surface area contributed by atoms with Gasteiger partial charge >= 0.3 is 0 Å². The second-order valence-corrected chi connectivity index (χ2v) is 4.28. The highest BCUT2D eigenvalue weighted by Gasteiger charge is 2.21. The van der Waals surface area contributed by atoms with Gasteiger partial charge in [0.15, 0.2) is 0 Å². The summed E-state index contributed by atoms with van der Waals surface area (Å²) in [6.45, 7) is 3.35. The number of rotatable bonds is 3. The van der Waals surface area contributed by atoms with Crippen LogP contribution in [-0.4, -0.2) is 17.6 Å². The van der Waals surface area contributed by atoms with E-state index in [0.29, 0.717) is 6.04 Å². The van der Waals surface area contributed by atoms with E-state index in [1.54, 1.807) is 0 Å². The first kappa shape index (κ1) is 11.2. The molecule has 1 saturated heterocycles. The van der Waals surface area contributed by atoms with Crippen molar-refractivity contribution >= 4 is 11.6 Å². The van der Waals surface area contributed by atoms with Crippen LogP contribution in [0.4, 0.5) is 11.6 Å². The van der Waals surface area contributed by atoms with Gasteiger partial charge in [-0.05, 0) is 37.8 Å². The van der Waals surface area contributed by atoms with Crippen molar-refractivity contribution in [3.8, 4) is 0 Å². The molecule has 0 amide bonds. The Morgan fingerprint density at radius 3 is 3.12 bits per heavy atom. The summed E-state index contributed by atoms with van der Waals surface area (Å²) in [5, 5.41) is 0. The van der Waals surface area contributed by atoms with Gasteiger partial charge in [0.1, 0.15) is 11.6 Å². The maximum Gasteiger partial charge on any atom is 0.142 e. The van der Waals surface area contributed by atoms with Crippen molar-refractivity contribution < 1.29 is 0 Å². The highest BCUT2D eigenvalue weighted by Crippen LogP contribution is 2.25. The molecular weight excluding hydrogens is 200 g/mol. The molecule has 1 aromatic rings. The fraction of sp³-hybridized carbons (Fsp3) is 0.583. The molecule has 16 heavy (non-hydrogen) atoms. The fourth-order valence-corrected chi connectivity index (χ4v) is 2.39. The average molecular weight is 220 g/mol. The third kappa shape index (κ3) is 2.27. The van der Waals surface area contributed by atoms with Crippen LogP contribution in [0.25, 0.3) is 0 Å². The van der Waals surface area contributed by atoms with Crippen molar-refractivity contribution in [3.63, 3.8) is 0 Å². The molecule has 1 aliphatic heterocycles. The van der Waals surface area contributed by atoms with E-state index >= 15 is 0 Å². The Balaban J connectivity index is 2.20. The normalized spacial score (nSPS) is 20.9. The molecule has 0 radical (unpaired) electrons. The van der Waals surface area contributed by atoms with E-state index in [2.05, 4.69) is 28.3 Å². The van der Waals surface area contributed by atoms with E-state index in [1.807, 2.05) is 12.1 Å². The molecule has 0 aliphatic carbocycles. The molecule has 0 saturated carbocycles. The number of hydrogen-bond donors (Lipinski definition) is 2. The van der Waals surface area contributed by atoms with Crippen LogP contribution >= 0.6 is 0 Å². The molecule has 4 nitrogen and oxygen atoms in total. The van der Waals surface area contributed by atoms with Crippen LogP contribution in [0.3, 0.4) is 0 Å². The van der Waals surface area contributed by atoms with Gasteiger partial charge in [0.2, 0.25) is 0 Å². The zero-order valence-electron chi connectivity index (χ0n) is 9.82. The number of nitrogens with two attached hydrogens (primary N) is 1. The Labute approximate surface area is 96.8 Å². The third-order valence-electron chi connectivity index (χ3n) is 3.27. The van der Waals surface area contributed by atoms with Crippen molar-refractivity contribution in [1.29, 1.82) is 0 Å². The van der Waals surface area contributed by atoms with Gasteiger partial charge in [0.25, 0.3) is 0 Å². The van der Waals surface area contributed by atoms with Gasteiger partial charge in [-0.3, -0.25) is 0 Å². The first-order chi connectivity index (χ1) is 7.85. The summed E-state index contributed by atoms with van der Waals surface area (Å²) < 4.78 is 0. The molecule has 1 aliphatic rings. The fourth-order valence-electron chi connectivity index (χ4n) is 2.39. The molecule has 0 bridgehead atoms. The monoisotopic (exact) mass is 220 g/mol. The Kier molecular flexibility index (Phi) is 3.62. The Bertz CT molecular complexity index is 340. The minimum absolute atomic E-state index is 0.634. The molecule has 1 atom stereocenters. The summed E-state index contributed by atoms with van der Waals surface area (Å²) in [6.07, 6.45) is 5.06. The number of nitrogens with one attached hydrogen (secondary N) is 1. The predicted molar refractivity (Wildman–Crippen MR) is 67.3 cm³/mol. The van der Waals surface area contributed by atoms with Crippen LogP contribution in [0.1, 0.15) is 32.6 Å². The molecule has 1 fully saturated rings. The lowest BCUT2D eigenvalue weighted by molar-refractivity contribution is 0.447. The number of nitrogen functional groups attached to an aromatic ring is 1. The summed E-state index contributed by atoms with van der Waals surface area (Å²) in [5.74, 6) is 7.16. The molecule has 1 unspecified atom stereocenters. The summed E-state index contributed by atoms with van der Waals surface area (Å²) >= 11 is 0. The largest absolute Gasteiger partial charge is 0.354 e. The molecule has 0 aromatic carbocycles. The average Bonchev–Trinajstić information content (AvgIpc) is 2.38. The highest BCUT2D eigenvalue weighted by atomic mass is 15.3. The SMILES string of the molecule is CCC1CCCCN1c1cccc(NN)n1. The first-order valence-corrected chi connectivity index (χ1v) is 6.05. The molecule has 2 rings (SSSR count). The standard InChI is InChI=1S/C12H20N4/c1-2-10-6-3-4-9-16(10)12-8-5-7-11(14-12)15-13/h5,7-8,10H,2-4,6,9,13H2,1H3,(H,14,15). The van der Waals surface area contributed by atoms with Crippen LogP contribution in [0, 0.1) is 0 Å². The van der Waals surface area contributed by atoms with E-state index in [0.717, 1.165) is 18.2 Å². The Hall–Kier alpha value is -1.29. The number of anilines is 2. The molecule has 0 spiro atoms. The van der Waals surface area contributed by atoms with Gasteiger partial charge in [-0.15, -0.1) is 0 Å². The van der Waals surface area contributed by atoms with Crippen LogP contribution in [-0.2, 0) is 0 Å². The van der Waals surface area contributed by atoms with Crippen molar-refractivity contribution in [3.05, 3.63) is 18.2 Å². The van der Waals surface area contributed by atoms with Crippen molar-refractivity contribution in [2.45, 2.75) is 38.6 Å². The number of aromatic nitrogens is 1. The van der Waals surface area contributed by atoms with Crippen LogP contribution in [0.15, 0.2) is 18.2 Å². The summed E-state index contributed by atoms with van der Waals surface area (Å²) in [6, 6.07) is 6.58. The second-order valence-electron chi connectivity index (χ2n) is 4.28. The molecular formula is C12H20N4. The van der Waals surface area contributed by atoms with Gasteiger partial charge in [-0.2, -0.15) is 0 Å². The second kappa shape index (κ2) is 5.16. The number of piperidine rings is 1. The van der Waals surface area contributed by atoms with E-state index < -0.39 is 0 Å². The van der Waals surface area contributed by atoms with Crippen LogP contribution < -0.4 is 16.2 Å². The maximum absolute atomic E-state index is 5.38. The lowest BCUT2D eigenvalue weighted by Gasteiger charge is -2.36. The molecule has 4 heteroatoms. The summed E-state index contributed by atoms with van der Waals surface area (Å²) in [7, 11) is 0. The van der Waals surface area contributed by atoms with E-state index in [-0.39, 0.29) is 0 Å². The minimum Gasteiger partial charge on any atom is -0.354 e. The van der Waals surface area contributed by atoms with Gasteiger partial charge in [-0.25, -0.2) is 10.8 Å².